The van der Waals surface area contributed by atoms with Crippen LogP contribution in [0.1, 0.15) is 0 Å². The third-order valence-corrected chi connectivity index (χ3v) is 3.38. The number of anilines is 1. The maximum absolute atomic E-state index is 11.7. The second-order valence-electron chi connectivity index (χ2n) is 4.23. The number of carbonyl (C=O) groups is 1. The molecular formula is C13H17BrN2O3. The Bertz CT molecular complexity index is 422. The molecule has 6 heteroatoms. The van der Waals surface area contributed by atoms with Gasteiger partial charge in [0.05, 0.1) is 38.2 Å². The number of para-hydroxylation sites is 1. The Balaban J connectivity index is 1.68. The summed E-state index contributed by atoms with van der Waals surface area (Å²) in [5, 5.41) is 5.89. The summed E-state index contributed by atoms with van der Waals surface area (Å²) < 4.78 is 11.6. The third-order valence-electron chi connectivity index (χ3n) is 2.69. The second-order valence-corrected chi connectivity index (χ2v) is 5.08. The minimum atomic E-state index is -0.0800. The zero-order valence-corrected chi connectivity index (χ0v) is 12.1. The van der Waals surface area contributed by atoms with Crippen molar-refractivity contribution in [1.82, 2.24) is 5.32 Å². The number of hydrogen-bond acceptors (Lipinski definition) is 4. The Morgan fingerprint density at radius 3 is 2.95 bits per heavy atom. The van der Waals surface area contributed by atoms with E-state index in [-0.39, 0.29) is 18.6 Å². The van der Waals surface area contributed by atoms with Crippen molar-refractivity contribution in [1.29, 1.82) is 0 Å². The van der Waals surface area contributed by atoms with Crippen molar-refractivity contribution in [3.8, 4) is 0 Å². The van der Waals surface area contributed by atoms with Gasteiger partial charge in [0.1, 0.15) is 0 Å². The molecule has 2 N–H and O–H groups in total. The largest absolute Gasteiger partial charge is 0.376 e. The van der Waals surface area contributed by atoms with E-state index in [4.69, 9.17) is 9.47 Å². The van der Waals surface area contributed by atoms with E-state index >= 15 is 0 Å². The van der Waals surface area contributed by atoms with Gasteiger partial charge in [0.2, 0.25) is 5.91 Å². The molecule has 5 nitrogen and oxygen atoms in total. The Morgan fingerprint density at radius 1 is 1.37 bits per heavy atom. The smallest absolute Gasteiger partial charge is 0.238 e. The summed E-state index contributed by atoms with van der Waals surface area (Å²) in [4.78, 5) is 11.7. The van der Waals surface area contributed by atoms with Crippen LogP contribution in [0.4, 0.5) is 5.69 Å². The Morgan fingerprint density at radius 2 is 2.21 bits per heavy atom. The molecule has 1 fully saturated rings. The number of carbonyl (C=O) groups excluding carboxylic acids is 1. The summed E-state index contributed by atoms with van der Waals surface area (Å²) in [6, 6.07) is 7.51. The highest BCUT2D eigenvalue weighted by atomic mass is 79.9. The molecule has 2 rings (SSSR count). The van der Waals surface area contributed by atoms with Crippen LogP contribution in [0.25, 0.3) is 0 Å². The molecule has 19 heavy (non-hydrogen) atoms. The van der Waals surface area contributed by atoms with Gasteiger partial charge in [-0.1, -0.05) is 12.1 Å². The lowest BCUT2D eigenvalue weighted by Gasteiger charge is -2.23. The molecule has 1 aromatic rings. The van der Waals surface area contributed by atoms with Crippen LogP contribution in [0.2, 0.25) is 0 Å². The fraction of sp³-hybridized carbons (Fsp3) is 0.462. The van der Waals surface area contributed by atoms with Crippen molar-refractivity contribution in [2.24, 2.45) is 0 Å². The third kappa shape index (κ3) is 4.91. The monoisotopic (exact) mass is 328 g/mol. The van der Waals surface area contributed by atoms with Crippen LogP contribution in [-0.2, 0) is 14.3 Å². The SMILES string of the molecule is O=C(CNCC1COCCO1)Nc1ccccc1Br. The quantitative estimate of drug-likeness (QED) is 0.857. The average molecular weight is 329 g/mol. The highest BCUT2D eigenvalue weighted by Gasteiger charge is 2.14. The lowest BCUT2D eigenvalue weighted by atomic mass is 10.3. The van der Waals surface area contributed by atoms with Crippen LogP contribution in [0.15, 0.2) is 28.7 Å². The summed E-state index contributed by atoms with van der Waals surface area (Å²) in [5.74, 6) is -0.0800. The first-order valence-electron chi connectivity index (χ1n) is 6.20. The number of nitrogens with one attached hydrogen (secondary N) is 2. The first kappa shape index (κ1) is 14.5. The highest BCUT2D eigenvalue weighted by Crippen LogP contribution is 2.20. The van der Waals surface area contributed by atoms with Gasteiger partial charge in [-0.2, -0.15) is 0 Å². The Kier molecular flexibility index (Phi) is 5.78. The van der Waals surface area contributed by atoms with Gasteiger partial charge in [-0.3, -0.25) is 4.79 Å². The molecule has 0 saturated carbocycles. The van der Waals surface area contributed by atoms with E-state index in [1.54, 1.807) is 0 Å². The van der Waals surface area contributed by atoms with Crippen molar-refractivity contribution in [3.63, 3.8) is 0 Å². The molecule has 1 amide bonds. The van der Waals surface area contributed by atoms with Gasteiger partial charge in [-0.05, 0) is 28.1 Å². The maximum Gasteiger partial charge on any atom is 0.238 e. The van der Waals surface area contributed by atoms with Gasteiger partial charge in [0, 0.05) is 11.0 Å². The lowest BCUT2D eigenvalue weighted by molar-refractivity contribution is -0.116. The molecule has 1 aromatic carbocycles. The van der Waals surface area contributed by atoms with Gasteiger partial charge in [-0.25, -0.2) is 0 Å². The van der Waals surface area contributed by atoms with Gasteiger partial charge >= 0.3 is 0 Å². The molecule has 0 bridgehead atoms. The van der Waals surface area contributed by atoms with Crippen molar-refractivity contribution < 1.29 is 14.3 Å². The van der Waals surface area contributed by atoms with Gasteiger partial charge < -0.3 is 20.1 Å². The van der Waals surface area contributed by atoms with E-state index in [2.05, 4.69) is 26.6 Å². The number of ether oxygens (including phenoxy) is 2. The number of rotatable bonds is 5. The fourth-order valence-electron chi connectivity index (χ4n) is 1.76. The first-order chi connectivity index (χ1) is 9.25. The molecule has 104 valence electrons. The molecule has 0 aliphatic carbocycles. The van der Waals surface area contributed by atoms with Crippen LogP contribution in [-0.4, -0.2) is 44.9 Å². The molecule has 0 radical (unpaired) electrons. The Hall–Kier alpha value is -0.950. The molecule has 1 atom stereocenters. The molecule has 1 unspecified atom stereocenters. The molecular weight excluding hydrogens is 312 g/mol. The van der Waals surface area contributed by atoms with Crippen LogP contribution in [0, 0.1) is 0 Å². The summed E-state index contributed by atoms with van der Waals surface area (Å²) in [6.07, 6.45) is 0.0324. The van der Waals surface area contributed by atoms with Crippen LogP contribution < -0.4 is 10.6 Å². The van der Waals surface area contributed by atoms with Crippen molar-refractivity contribution in [2.45, 2.75) is 6.10 Å². The van der Waals surface area contributed by atoms with E-state index in [9.17, 15) is 4.79 Å². The Labute approximate surface area is 120 Å². The topological polar surface area (TPSA) is 59.6 Å². The zero-order chi connectivity index (χ0) is 13.5. The molecule has 0 spiro atoms. The molecule has 0 aromatic heterocycles. The highest BCUT2D eigenvalue weighted by molar-refractivity contribution is 9.10. The summed E-state index contributed by atoms with van der Waals surface area (Å²) in [5.41, 5.74) is 0.770. The van der Waals surface area contributed by atoms with Crippen LogP contribution in [0.5, 0.6) is 0 Å². The van der Waals surface area contributed by atoms with E-state index in [1.807, 2.05) is 24.3 Å². The predicted molar refractivity (Wildman–Crippen MR) is 76.2 cm³/mol. The van der Waals surface area contributed by atoms with Gasteiger partial charge in [-0.15, -0.1) is 0 Å². The minimum Gasteiger partial charge on any atom is -0.376 e. The lowest BCUT2D eigenvalue weighted by Crippen LogP contribution is -2.40. The van der Waals surface area contributed by atoms with E-state index in [0.717, 1.165) is 10.2 Å². The van der Waals surface area contributed by atoms with E-state index in [0.29, 0.717) is 26.4 Å². The van der Waals surface area contributed by atoms with Crippen LogP contribution >= 0.6 is 15.9 Å². The number of hydrogen-bond donors (Lipinski definition) is 2. The number of halogens is 1. The standard InChI is InChI=1S/C13H17BrN2O3/c14-11-3-1-2-4-12(11)16-13(17)8-15-7-10-9-18-5-6-19-10/h1-4,10,15H,5-9H2,(H,16,17). The fourth-order valence-corrected chi connectivity index (χ4v) is 2.14. The summed E-state index contributed by atoms with van der Waals surface area (Å²) >= 11 is 3.38. The molecule has 1 aliphatic heterocycles. The summed E-state index contributed by atoms with van der Waals surface area (Å²) in [7, 11) is 0. The summed E-state index contributed by atoms with van der Waals surface area (Å²) in [6.45, 7) is 2.72. The molecule has 1 heterocycles. The van der Waals surface area contributed by atoms with E-state index in [1.165, 1.54) is 0 Å². The van der Waals surface area contributed by atoms with E-state index < -0.39 is 0 Å². The van der Waals surface area contributed by atoms with Crippen molar-refractivity contribution in [3.05, 3.63) is 28.7 Å². The zero-order valence-electron chi connectivity index (χ0n) is 10.5. The molecule has 1 aliphatic rings. The second kappa shape index (κ2) is 7.59. The first-order valence-corrected chi connectivity index (χ1v) is 6.99. The van der Waals surface area contributed by atoms with Gasteiger partial charge in [0.15, 0.2) is 0 Å². The van der Waals surface area contributed by atoms with Crippen molar-refractivity contribution >= 4 is 27.5 Å². The minimum absolute atomic E-state index is 0.0324. The van der Waals surface area contributed by atoms with Crippen LogP contribution in [0.3, 0.4) is 0 Å². The van der Waals surface area contributed by atoms with Crippen molar-refractivity contribution in [2.75, 3.05) is 38.2 Å². The molecule has 1 saturated heterocycles. The number of benzene rings is 1. The maximum atomic E-state index is 11.7. The van der Waals surface area contributed by atoms with Gasteiger partial charge in [0.25, 0.3) is 0 Å². The number of amides is 1. The predicted octanol–water partition coefficient (Wildman–Crippen LogP) is 1.39. The normalized spacial score (nSPS) is 19.1. The average Bonchev–Trinajstić information content (AvgIpc) is 2.43.